The van der Waals surface area contributed by atoms with E-state index in [-0.39, 0.29) is 6.61 Å². The van der Waals surface area contributed by atoms with Gasteiger partial charge in [-0.1, -0.05) is 12.1 Å². The van der Waals surface area contributed by atoms with E-state index in [2.05, 4.69) is 15.1 Å². The Bertz CT molecular complexity index is 435. The molecule has 0 unspecified atom stereocenters. The largest absolute Gasteiger partial charge is 0.388 e. The van der Waals surface area contributed by atoms with Gasteiger partial charge < -0.3 is 14.2 Å². The van der Waals surface area contributed by atoms with E-state index in [1.165, 1.54) is 0 Å². The third kappa shape index (κ3) is 2.04. The highest BCUT2D eigenvalue weighted by atomic mass is 16.5. The van der Waals surface area contributed by atoms with Crippen LogP contribution in [0.15, 0.2) is 16.9 Å². The van der Waals surface area contributed by atoms with E-state index < -0.39 is 0 Å². The molecule has 0 saturated heterocycles. The van der Waals surface area contributed by atoms with Gasteiger partial charge in [-0.2, -0.15) is 4.98 Å². The maximum Gasteiger partial charge on any atom is 0.246 e. The molecule has 0 fully saturated rings. The predicted molar refractivity (Wildman–Crippen MR) is 50.9 cm³/mol. The van der Waals surface area contributed by atoms with Crippen molar-refractivity contribution in [1.82, 2.24) is 19.7 Å². The quantitative estimate of drug-likeness (QED) is 0.785. The lowest BCUT2D eigenvalue weighted by molar-refractivity contribution is 0.264. The molecule has 15 heavy (non-hydrogen) atoms. The molecule has 0 spiro atoms. The van der Waals surface area contributed by atoms with E-state index in [1.54, 1.807) is 17.0 Å². The second-order valence-corrected chi connectivity index (χ2v) is 3.09. The number of hydrogen-bond donors (Lipinski definition) is 1. The molecule has 1 N–H and O–H groups in total. The maximum absolute atomic E-state index is 8.99. The molecule has 0 amide bonds. The lowest BCUT2D eigenvalue weighted by Crippen LogP contribution is -2.04. The molecule has 0 aliphatic carbocycles. The van der Waals surface area contributed by atoms with E-state index in [4.69, 9.17) is 9.63 Å². The molecule has 0 aromatic carbocycles. The van der Waals surface area contributed by atoms with Gasteiger partial charge in [0.15, 0.2) is 5.82 Å². The smallest absolute Gasteiger partial charge is 0.246 e. The van der Waals surface area contributed by atoms with Gasteiger partial charge in [0.05, 0.1) is 0 Å². The zero-order valence-corrected chi connectivity index (χ0v) is 8.42. The van der Waals surface area contributed by atoms with E-state index in [1.807, 2.05) is 6.92 Å². The van der Waals surface area contributed by atoms with Crippen LogP contribution < -0.4 is 0 Å². The van der Waals surface area contributed by atoms with Gasteiger partial charge in [-0.05, 0) is 0 Å². The molecule has 0 bridgehead atoms. The molecule has 6 nitrogen and oxygen atoms in total. The molecule has 2 aromatic rings. The van der Waals surface area contributed by atoms with Gasteiger partial charge in [0.25, 0.3) is 0 Å². The van der Waals surface area contributed by atoms with Crippen LogP contribution in [0.5, 0.6) is 0 Å². The van der Waals surface area contributed by atoms with Crippen molar-refractivity contribution in [2.75, 3.05) is 0 Å². The number of aromatic nitrogens is 4. The standard InChI is InChI=1S/C9H12N4O2/c1-2-7-11-9(15-12-7)5-13-4-3-10-8(13)6-14/h3-4,14H,2,5-6H2,1H3. The van der Waals surface area contributed by atoms with Gasteiger partial charge in [-0.3, -0.25) is 0 Å². The predicted octanol–water partition coefficient (Wildman–Crippen LogP) is 0.369. The lowest BCUT2D eigenvalue weighted by atomic mass is 10.5. The summed E-state index contributed by atoms with van der Waals surface area (Å²) in [6, 6.07) is 0. The fraction of sp³-hybridized carbons (Fsp3) is 0.444. The van der Waals surface area contributed by atoms with Crippen LogP contribution in [0.3, 0.4) is 0 Å². The molecule has 0 radical (unpaired) electrons. The number of hydrogen-bond acceptors (Lipinski definition) is 5. The van der Waals surface area contributed by atoms with Crippen LogP contribution in [-0.2, 0) is 19.6 Å². The van der Waals surface area contributed by atoms with Gasteiger partial charge in [0.1, 0.15) is 19.0 Å². The van der Waals surface area contributed by atoms with Crippen LogP contribution in [-0.4, -0.2) is 24.8 Å². The van der Waals surface area contributed by atoms with E-state index in [0.717, 1.165) is 6.42 Å². The summed E-state index contributed by atoms with van der Waals surface area (Å²) in [5.41, 5.74) is 0. The molecule has 0 atom stereocenters. The summed E-state index contributed by atoms with van der Waals surface area (Å²) >= 11 is 0. The maximum atomic E-state index is 8.99. The molecular weight excluding hydrogens is 196 g/mol. The first-order valence-corrected chi connectivity index (χ1v) is 4.75. The summed E-state index contributed by atoms with van der Waals surface area (Å²) in [7, 11) is 0. The number of rotatable bonds is 4. The van der Waals surface area contributed by atoms with Crippen molar-refractivity contribution in [3.05, 3.63) is 29.9 Å². The molecule has 2 rings (SSSR count). The highest BCUT2D eigenvalue weighted by Gasteiger charge is 2.07. The normalized spacial score (nSPS) is 10.8. The molecule has 0 aliphatic heterocycles. The minimum Gasteiger partial charge on any atom is -0.388 e. The Labute approximate surface area is 86.6 Å². The van der Waals surface area contributed by atoms with Crippen molar-refractivity contribution < 1.29 is 9.63 Å². The number of imidazole rings is 1. The van der Waals surface area contributed by atoms with E-state index in [0.29, 0.717) is 24.1 Å². The van der Waals surface area contributed by atoms with Crippen LogP contribution in [0.25, 0.3) is 0 Å². The fourth-order valence-corrected chi connectivity index (χ4v) is 1.28. The topological polar surface area (TPSA) is 77.0 Å². The minimum atomic E-state index is -0.0955. The van der Waals surface area contributed by atoms with E-state index >= 15 is 0 Å². The van der Waals surface area contributed by atoms with Crippen LogP contribution >= 0.6 is 0 Å². The Kier molecular flexibility index (Phi) is 2.77. The Hall–Kier alpha value is -1.69. The Morgan fingerprint density at radius 3 is 3.07 bits per heavy atom. The average molecular weight is 208 g/mol. The first-order valence-electron chi connectivity index (χ1n) is 4.75. The molecule has 80 valence electrons. The Balaban J connectivity index is 2.14. The minimum absolute atomic E-state index is 0.0955. The van der Waals surface area contributed by atoms with Crippen LogP contribution in [0, 0.1) is 0 Å². The molecule has 6 heteroatoms. The van der Waals surface area contributed by atoms with Gasteiger partial charge in [0, 0.05) is 18.8 Å². The third-order valence-corrected chi connectivity index (χ3v) is 2.08. The lowest BCUT2D eigenvalue weighted by Gasteiger charge is -2.00. The summed E-state index contributed by atoms with van der Waals surface area (Å²) in [4.78, 5) is 8.15. The SMILES string of the molecule is CCc1noc(Cn2ccnc2CO)n1. The van der Waals surface area contributed by atoms with Gasteiger partial charge in [-0.15, -0.1) is 0 Å². The number of aryl methyl sites for hydroxylation is 1. The van der Waals surface area contributed by atoms with Gasteiger partial charge >= 0.3 is 0 Å². The van der Waals surface area contributed by atoms with Crippen molar-refractivity contribution in [3.63, 3.8) is 0 Å². The van der Waals surface area contributed by atoms with Crippen molar-refractivity contribution in [2.45, 2.75) is 26.5 Å². The van der Waals surface area contributed by atoms with Crippen molar-refractivity contribution in [2.24, 2.45) is 0 Å². The summed E-state index contributed by atoms with van der Waals surface area (Å²) < 4.78 is 6.81. The van der Waals surface area contributed by atoms with Gasteiger partial charge in [0.2, 0.25) is 5.89 Å². The summed E-state index contributed by atoms with van der Waals surface area (Å²) in [5.74, 6) is 1.81. The first-order chi connectivity index (χ1) is 7.33. The summed E-state index contributed by atoms with van der Waals surface area (Å²) in [6.45, 7) is 2.32. The van der Waals surface area contributed by atoms with Crippen molar-refractivity contribution in [1.29, 1.82) is 0 Å². The van der Waals surface area contributed by atoms with Crippen LogP contribution in [0.1, 0.15) is 24.5 Å². The molecule has 2 aromatic heterocycles. The average Bonchev–Trinajstić information content (AvgIpc) is 2.87. The monoisotopic (exact) mass is 208 g/mol. The second-order valence-electron chi connectivity index (χ2n) is 3.09. The number of nitrogens with zero attached hydrogens (tertiary/aromatic N) is 4. The second kappa shape index (κ2) is 4.22. The first kappa shape index (κ1) is 9.85. The van der Waals surface area contributed by atoms with Crippen molar-refractivity contribution in [3.8, 4) is 0 Å². The molecular formula is C9H12N4O2. The fourth-order valence-electron chi connectivity index (χ4n) is 1.28. The van der Waals surface area contributed by atoms with Crippen molar-refractivity contribution >= 4 is 0 Å². The highest BCUT2D eigenvalue weighted by Crippen LogP contribution is 2.04. The third-order valence-electron chi connectivity index (χ3n) is 2.08. The van der Waals surface area contributed by atoms with Crippen LogP contribution in [0.2, 0.25) is 0 Å². The van der Waals surface area contributed by atoms with Gasteiger partial charge in [-0.25, -0.2) is 4.98 Å². The molecule has 0 saturated carbocycles. The summed E-state index contributed by atoms with van der Waals surface area (Å²) in [6.07, 6.45) is 4.14. The van der Waals surface area contributed by atoms with Crippen LogP contribution in [0.4, 0.5) is 0 Å². The molecule has 0 aliphatic rings. The van der Waals surface area contributed by atoms with E-state index in [9.17, 15) is 0 Å². The molecule has 2 heterocycles. The zero-order chi connectivity index (χ0) is 10.7. The Morgan fingerprint density at radius 1 is 1.53 bits per heavy atom. The highest BCUT2D eigenvalue weighted by molar-refractivity contribution is 4.95. The Morgan fingerprint density at radius 2 is 2.40 bits per heavy atom. The summed E-state index contributed by atoms with van der Waals surface area (Å²) in [5, 5.41) is 12.8. The number of aliphatic hydroxyl groups is 1. The number of aliphatic hydroxyl groups excluding tert-OH is 1. The zero-order valence-electron chi connectivity index (χ0n) is 8.42.